The second kappa shape index (κ2) is 7.29. The number of halogens is 1. The highest BCUT2D eigenvalue weighted by Crippen LogP contribution is 2.38. The number of thiophene rings is 1. The molecular weight excluding hydrogens is 380 g/mol. The van der Waals surface area contributed by atoms with Crippen LogP contribution in [0.25, 0.3) is 11.3 Å². The Morgan fingerprint density at radius 3 is 2.78 bits per heavy atom. The minimum atomic E-state index is -0.0978. The van der Waals surface area contributed by atoms with E-state index in [-0.39, 0.29) is 11.9 Å². The van der Waals surface area contributed by atoms with Crippen molar-refractivity contribution in [2.45, 2.75) is 25.8 Å². The Hall–Kier alpha value is -2.44. The van der Waals surface area contributed by atoms with Crippen molar-refractivity contribution in [3.05, 3.63) is 62.4 Å². The zero-order chi connectivity index (χ0) is 19.0. The molecule has 27 heavy (non-hydrogen) atoms. The third-order valence-corrected chi connectivity index (χ3v) is 6.16. The van der Waals surface area contributed by atoms with E-state index in [9.17, 15) is 4.79 Å². The van der Waals surface area contributed by atoms with E-state index in [0.717, 1.165) is 35.2 Å². The van der Waals surface area contributed by atoms with E-state index in [1.807, 2.05) is 43.5 Å². The fourth-order valence-corrected chi connectivity index (χ4v) is 4.41. The molecule has 7 heteroatoms. The molecule has 2 N–H and O–H groups in total. The van der Waals surface area contributed by atoms with Gasteiger partial charge in [0.1, 0.15) is 0 Å². The summed E-state index contributed by atoms with van der Waals surface area (Å²) in [7, 11) is 1.80. The van der Waals surface area contributed by atoms with Gasteiger partial charge in [0.25, 0.3) is 5.91 Å². The normalized spacial score (nSPS) is 13.4. The second-order valence-electron chi connectivity index (χ2n) is 6.51. The number of hydrogen-bond donors (Lipinski definition) is 2. The summed E-state index contributed by atoms with van der Waals surface area (Å²) < 4.78 is 0. The van der Waals surface area contributed by atoms with Crippen LogP contribution >= 0.6 is 22.9 Å². The van der Waals surface area contributed by atoms with Gasteiger partial charge in [-0.3, -0.25) is 4.79 Å². The van der Waals surface area contributed by atoms with E-state index >= 15 is 0 Å². The van der Waals surface area contributed by atoms with Crippen molar-refractivity contribution in [2.75, 3.05) is 12.4 Å². The van der Waals surface area contributed by atoms with E-state index in [0.29, 0.717) is 15.8 Å². The first-order valence-corrected chi connectivity index (χ1v) is 9.97. The standard InChI is InChI=1S/C20H19ClN4OS/c1-11(12-3-6-14(21)7-4-12)24-19(26)17-9-15-16(27-17)8-5-13-10-23-20(22-2)25-18(13)15/h3-4,6-7,9-11H,5,8H2,1-2H3,(H,24,26)(H,22,23,25). The van der Waals surface area contributed by atoms with Crippen molar-refractivity contribution in [2.24, 2.45) is 0 Å². The zero-order valence-electron chi connectivity index (χ0n) is 15.0. The number of hydrogen-bond acceptors (Lipinski definition) is 5. The molecule has 138 valence electrons. The molecule has 1 aliphatic carbocycles. The molecule has 1 atom stereocenters. The maximum Gasteiger partial charge on any atom is 0.261 e. The quantitative estimate of drug-likeness (QED) is 0.679. The van der Waals surface area contributed by atoms with Crippen molar-refractivity contribution < 1.29 is 4.79 Å². The Bertz CT molecular complexity index is 1000. The van der Waals surface area contributed by atoms with Gasteiger partial charge in [0.2, 0.25) is 5.95 Å². The van der Waals surface area contributed by atoms with Gasteiger partial charge in [0, 0.05) is 28.7 Å². The Kier molecular flexibility index (Phi) is 4.85. The van der Waals surface area contributed by atoms with Crippen LogP contribution in [0.3, 0.4) is 0 Å². The van der Waals surface area contributed by atoms with Crippen LogP contribution in [0, 0.1) is 0 Å². The number of aryl methyl sites for hydroxylation is 2. The fraction of sp³-hybridized carbons (Fsp3) is 0.250. The molecule has 4 rings (SSSR count). The Morgan fingerprint density at radius 1 is 1.26 bits per heavy atom. The average molecular weight is 399 g/mol. The van der Waals surface area contributed by atoms with Crippen molar-refractivity contribution >= 4 is 34.8 Å². The number of anilines is 1. The van der Waals surface area contributed by atoms with Crippen LogP contribution in [0.4, 0.5) is 5.95 Å². The van der Waals surface area contributed by atoms with E-state index in [1.165, 1.54) is 4.88 Å². The summed E-state index contributed by atoms with van der Waals surface area (Å²) in [5, 5.41) is 6.73. The first kappa shape index (κ1) is 17.9. The molecule has 2 aromatic heterocycles. The van der Waals surface area contributed by atoms with E-state index in [1.54, 1.807) is 18.4 Å². The number of fused-ring (bicyclic) bond motifs is 3. The zero-order valence-corrected chi connectivity index (χ0v) is 16.6. The van der Waals surface area contributed by atoms with Gasteiger partial charge in [-0.25, -0.2) is 9.97 Å². The molecule has 0 saturated carbocycles. The molecule has 1 aromatic carbocycles. The summed E-state index contributed by atoms with van der Waals surface area (Å²) in [6.07, 6.45) is 3.68. The topological polar surface area (TPSA) is 66.9 Å². The lowest BCUT2D eigenvalue weighted by molar-refractivity contribution is 0.0944. The molecule has 0 saturated heterocycles. The van der Waals surface area contributed by atoms with Gasteiger partial charge in [-0.1, -0.05) is 23.7 Å². The Balaban J connectivity index is 1.58. The summed E-state index contributed by atoms with van der Waals surface area (Å²) in [6, 6.07) is 9.38. The van der Waals surface area contributed by atoms with Crippen LogP contribution in [0.2, 0.25) is 5.02 Å². The minimum Gasteiger partial charge on any atom is -0.357 e. The maximum atomic E-state index is 12.8. The van der Waals surface area contributed by atoms with Crippen LogP contribution in [0.1, 0.15) is 38.6 Å². The fourth-order valence-electron chi connectivity index (χ4n) is 3.22. The van der Waals surface area contributed by atoms with Crippen LogP contribution in [0.5, 0.6) is 0 Å². The van der Waals surface area contributed by atoms with Gasteiger partial charge in [-0.15, -0.1) is 11.3 Å². The molecule has 5 nitrogen and oxygen atoms in total. The summed E-state index contributed by atoms with van der Waals surface area (Å²) in [6.45, 7) is 1.97. The lowest BCUT2D eigenvalue weighted by Crippen LogP contribution is -2.25. The molecule has 0 spiro atoms. The third kappa shape index (κ3) is 3.55. The Morgan fingerprint density at radius 2 is 2.04 bits per heavy atom. The van der Waals surface area contributed by atoms with E-state index in [2.05, 4.69) is 20.6 Å². The van der Waals surface area contributed by atoms with Crippen molar-refractivity contribution in [1.29, 1.82) is 0 Å². The van der Waals surface area contributed by atoms with Crippen LogP contribution in [-0.4, -0.2) is 22.9 Å². The van der Waals surface area contributed by atoms with Gasteiger partial charge in [-0.2, -0.15) is 0 Å². The molecule has 1 unspecified atom stereocenters. The number of nitrogens with zero attached hydrogens (tertiary/aromatic N) is 2. The smallest absolute Gasteiger partial charge is 0.261 e. The number of carbonyl (C=O) groups excluding carboxylic acids is 1. The first-order valence-electron chi connectivity index (χ1n) is 8.78. The summed E-state index contributed by atoms with van der Waals surface area (Å²) >= 11 is 7.48. The lowest BCUT2D eigenvalue weighted by atomic mass is 9.96. The highest BCUT2D eigenvalue weighted by molar-refractivity contribution is 7.14. The largest absolute Gasteiger partial charge is 0.357 e. The number of nitrogens with one attached hydrogen (secondary N) is 2. The highest BCUT2D eigenvalue weighted by Gasteiger charge is 2.24. The number of benzene rings is 1. The minimum absolute atomic E-state index is 0.0682. The third-order valence-electron chi connectivity index (χ3n) is 4.72. The predicted octanol–water partition coefficient (Wildman–Crippen LogP) is 4.49. The lowest BCUT2D eigenvalue weighted by Gasteiger charge is -2.15. The molecular formula is C20H19ClN4OS. The second-order valence-corrected chi connectivity index (χ2v) is 8.08. The first-order chi connectivity index (χ1) is 13.0. The molecule has 3 aromatic rings. The van der Waals surface area contributed by atoms with Gasteiger partial charge in [0.05, 0.1) is 16.6 Å². The van der Waals surface area contributed by atoms with Gasteiger partial charge >= 0.3 is 0 Å². The number of aromatic nitrogens is 2. The maximum absolute atomic E-state index is 12.8. The SMILES string of the molecule is CNc1ncc2c(n1)-c1cc(C(=O)NC(C)c3ccc(Cl)cc3)sc1CC2. The number of amides is 1. The van der Waals surface area contributed by atoms with Gasteiger partial charge < -0.3 is 10.6 Å². The van der Waals surface area contributed by atoms with Gasteiger partial charge in [0.15, 0.2) is 0 Å². The molecule has 2 heterocycles. The van der Waals surface area contributed by atoms with Crippen molar-refractivity contribution in [1.82, 2.24) is 15.3 Å². The molecule has 0 aliphatic heterocycles. The predicted molar refractivity (Wildman–Crippen MR) is 110 cm³/mol. The molecule has 0 fully saturated rings. The highest BCUT2D eigenvalue weighted by atomic mass is 35.5. The molecule has 1 amide bonds. The van der Waals surface area contributed by atoms with Crippen LogP contribution in [-0.2, 0) is 12.8 Å². The van der Waals surface area contributed by atoms with Crippen molar-refractivity contribution in [3.8, 4) is 11.3 Å². The molecule has 0 radical (unpaired) electrons. The van der Waals surface area contributed by atoms with Crippen LogP contribution < -0.4 is 10.6 Å². The monoisotopic (exact) mass is 398 g/mol. The summed E-state index contributed by atoms with van der Waals surface area (Å²) in [4.78, 5) is 23.6. The Labute approximate surface area is 166 Å². The summed E-state index contributed by atoms with van der Waals surface area (Å²) in [5.74, 6) is 0.524. The average Bonchev–Trinajstić information content (AvgIpc) is 3.13. The van der Waals surface area contributed by atoms with E-state index < -0.39 is 0 Å². The summed E-state index contributed by atoms with van der Waals surface area (Å²) in [5.41, 5.74) is 4.12. The molecule has 1 aliphatic rings. The van der Waals surface area contributed by atoms with Crippen LogP contribution in [0.15, 0.2) is 36.5 Å². The van der Waals surface area contributed by atoms with Crippen molar-refractivity contribution in [3.63, 3.8) is 0 Å². The van der Waals surface area contributed by atoms with E-state index in [4.69, 9.17) is 11.6 Å². The van der Waals surface area contributed by atoms with Gasteiger partial charge in [-0.05, 0) is 49.1 Å². The molecule has 0 bridgehead atoms. The number of rotatable bonds is 4. The number of carbonyl (C=O) groups is 1.